The molecule has 0 spiro atoms. The lowest BCUT2D eigenvalue weighted by Gasteiger charge is -2.12. The molecule has 0 atom stereocenters. The number of aromatic carboxylic acids is 1. The molecule has 0 radical (unpaired) electrons. The Morgan fingerprint density at radius 1 is 1.03 bits per heavy atom. The van der Waals surface area contributed by atoms with Gasteiger partial charge in [-0.1, -0.05) is 42.5 Å². The van der Waals surface area contributed by atoms with Gasteiger partial charge in [-0.2, -0.15) is 5.21 Å². The summed E-state index contributed by atoms with van der Waals surface area (Å²) in [6.45, 7) is 1.92. The van der Waals surface area contributed by atoms with Gasteiger partial charge in [0.2, 0.25) is 11.8 Å². The Morgan fingerprint density at radius 3 is 2.44 bits per heavy atom. The summed E-state index contributed by atoms with van der Waals surface area (Å²) in [7, 11) is 1.77. The topological polar surface area (TPSA) is 122 Å². The number of aromatic amines is 1. The molecule has 0 fully saturated rings. The highest BCUT2D eigenvalue weighted by Gasteiger charge is 2.20. The molecule has 0 saturated carbocycles. The summed E-state index contributed by atoms with van der Waals surface area (Å²) in [6, 6.07) is 19.1. The van der Waals surface area contributed by atoms with E-state index in [1.165, 1.54) is 0 Å². The molecule has 32 heavy (non-hydrogen) atoms. The van der Waals surface area contributed by atoms with Crippen LogP contribution in [0.15, 0.2) is 60.7 Å². The van der Waals surface area contributed by atoms with Gasteiger partial charge in [0, 0.05) is 18.3 Å². The maximum absolute atomic E-state index is 11.9. The minimum Gasteiger partial charge on any atom is -0.478 e. The van der Waals surface area contributed by atoms with E-state index < -0.39 is 5.97 Å². The monoisotopic (exact) mass is 425 g/mol. The molecule has 0 aliphatic carbocycles. The van der Waals surface area contributed by atoms with Crippen LogP contribution in [0, 0.1) is 6.92 Å². The molecule has 158 valence electrons. The number of carboxylic acids is 1. The van der Waals surface area contributed by atoms with E-state index in [2.05, 4.69) is 30.9 Å². The van der Waals surface area contributed by atoms with Gasteiger partial charge in [0.15, 0.2) is 0 Å². The summed E-state index contributed by atoms with van der Waals surface area (Å²) in [5, 5.41) is 27.2. The number of aromatic nitrogens is 6. The number of carboxylic acid groups (broad SMARTS) is 1. The third-order valence-corrected chi connectivity index (χ3v) is 5.41. The number of nitrogens with one attached hydrogen (secondary N) is 2. The molecular formula is C23H19N7O2. The fourth-order valence-corrected chi connectivity index (χ4v) is 3.90. The number of aryl methyl sites for hydroxylation is 1. The van der Waals surface area contributed by atoms with Crippen molar-refractivity contribution in [3.8, 4) is 28.2 Å². The van der Waals surface area contributed by atoms with E-state index in [9.17, 15) is 9.90 Å². The molecule has 9 nitrogen and oxygen atoms in total. The first-order valence-corrected chi connectivity index (χ1v) is 9.95. The van der Waals surface area contributed by atoms with Gasteiger partial charge >= 0.3 is 5.97 Å². The molecule has 0 amide bonds. The van der Waals surface area contributed by atoms with Crippen LogP contribution in [0.4, 0.5) is 5.95 Å². The largest absolute Gasteiger partial charge is 0.478 e. The zero-order chi connectivity index (χ0) is 22.2. The van der Waals surface area contributed by atoms with Crippen LogP contribution in [0.2, 0.25) is 0 Å². The number of H-pyrrole nitrogens is 1. The Balaban J connectivity index is 1.67. The van der Waals surface area contributed by atoms with Gasteiger partial charge in [0.05, 0.1) is 16.6 Å². The molecule has 0 saturated heterocycles. The lowest BCUT2D eigenvalue weighted by Crippen LogP contribution is -2.05. The van der Waals surface area contributed by atoms with Crippen LogP contribution in [-0.2, 0) is 0 Å². The number of rotatable bonds is 5. The van der Waals surface area contributed by atoms with Crippen molar-refractivity contribution in [2.24, 2.45) is 0 Å². The van der Waals surface area contributed by atoms with Crippen LogP contribution in [0.5, 0.6) is 0 Å². The quantitative estimate of drug-likeness (QED) is 0.390. The molecule has 5 aromatic rings. The number of hydrogen-bond acceptors (Lipinski definition) is 6. The first-order chi connectivity index (χ1) is 15.6. The standard InChI is InChI=1S/C23H19N7O2/c1-13-7-12-18(22(31)32)20-19(13)25-23(24-2)30(20)15-10-8-14(9-11-15)16-5-3-4-6-17(16)21-26-28-29-27-21/h3-12H,1-2H3,(H,24,25)(H,31,32)(H,26,27,28,29). The molecule has 9 heteroatoms. The van der Waals surface area contributed by atoms with Gasteiger partial charge in [0.25, 0.3) is 0 Å². The highest BCUT2D eigenvalue weighted by atomic mass is 16.4. The molecule has 2 heterocycles. The third-order valence-electron chi connectivity index (χ3n) is 5.41. The first kappa shape index (κ1) is 19.4. The summed E-state index contributed by atoms with van der Waals surface area (Å²) in [5.74, 6) is 0.0885. The Hall–Kier alpha value is -4.53. The molecular weight excluding hydrogens is 406 g/mol. The second kappa shape index (κ2) is 7.62. The normalized spacial score (nSPS) is 11.1. The van der Waals surface area contributed by atoms with Gasteiger partial charge < -0.3 is 10.4 Å². The number of nitrogens with zero attached hydrogens (tertiary/aromatic N) is 5. The van der Waals surface area contributed by atoms with Crippen LogP contribution in [0.1, 0.15) is 15.9 Å². The van der Waals surface area contributed by atoms with Crippen molar-refractivity contribution in [1.82, 2.24) is 30.2 Å². The fourth-order valence-electron chi connectivity index (χ4n) is 3.90. The maximum atomic E-state index is 11.9. The van der Waals surface area contributed by atoms with E-state index in [-0.39, 0.29) is 5.56 Å². The average Bonchev–Trinajstić information content (AvgIpc) is 3.48. The van der Waals surface area contributed by atoms with Crippen molar-refractivity contribution >= 4 is 23.0 Å². The van der Waals surface area contributed by atoms with Crippen LogP contribution in [0.3, 0.4) is 0 Å². The van der Waals surface area contributed by atoms with E-state index in [4.69, 9.17) is 0 Å². The van der Waals surface area contributed by atoms with Crippen molar-refractivity contribution in [2.45, 2.75) is 6.92 Å². The van der Waals surface area contributed by atoms with Gasteiger partial charge in [-0.15, -0.1) is 10.2 Å². The smallest absolute Gasteiger partial charge is 0.337 e. The fraction of sp³-hybridized carbons (Fsp3) is 0.0870. The molecule has 3 aromatic carbocycles. The molecule has 5 rings (SSSR count). The van der Waals surface area contributed by atoms with Crippen molar-refractivity contribution in [1.29, 1.82) is 0 Å². The lowest BCUT2D eigenvalue weighted by atomic mass is 9.99. The van der Waals surface area contributed by atoms with Crippen molar-refractivity contribution in [3.05, 3.63) is 71.8 Å². The highest BCUT2D eigenvalue weighted by Crippen LogP contribution is 2.33. The number of imidazole rings is 1. The second-order valence-corrected chi connectivity index (χ2v) is 7.28. The predicted molar refractivity (Wildman–Crippen MR) is 121 cm³/mol. The van der Waals surface area contributed by atoms with E-state index >= 15 is 0 Å². The average molecular weight is 425 g/mol. The summed E-state index contributed by atoms with van der Waals surface area (Å²) in [5.41, 5.74) is 5.92. The zero-order valence-electron chi connectivity index (χ0n) is 17.4. The SMILES string of the molecule is CNc1nc2c(C)ccc(C(=O)O)c2n1-c1ccc(-c2ccccc2-c2nn[nH]n2)cc1. The molecule has 3 N–H and O–H groups in total. The Bertz CT molecular complexity index is 1440. The second-order valence-electron chi connectivity index (χ2n) is 7.28. The Labute approximate surface area is 182 Å². The van der Waals surface area contributed by atoms with Crippen LogP contribution in [0.25, 0.3) is 39.2 Å². The summed E-state index contributed by atoms with van der Waals surface area (Å²) in [6.07, 6.45) is 0. The molecule has 0 aliphatic rings. The van der Waals surface area contributed by atoms with Crippen LogP contribution >= 0.6 is 0 Å². The van der Waals surface area contributed by atoms with Gasteiger partial charge in [0.1, 0.15) is 0 Å². The lowest BCUT2D eigenvalue weighted by molar-refractivity contribution is 0.0698. The number of tetrazole rings is 1. The summed E-state index contributed by atoms with van der Waals surface area (Å²) < 4.78 is 1.83. The zero-order valence-corrected chi connectivity index (χ0v) is 17.4. The molecule has 2 aromatic heterocycles. The van der Waals surface area contributed by atoms with Crippen molar-refractivity contribution < 1.29 is 9.90 Å². The van der Waals surface area contributed by atoms with E-state index in [0.717, 1.165) is 27.9 Å². The number of fused-ring (bicyclic) bond motifs is 1. The van der Waals surface area contributed by atoms with E-state index in [0.29, 0.717) is 22.8 Å². The maximum Gasteiger partial charge on any atom is 0.337 e. The number of anilines is 1. The van der Waals surface area contributed by atoms with Crippen molar-refractivity contribution in [3.63, 3.8) is 0 Å². The number of benzene rings is 3. The van der Waals surface area contributed by atoms with Gasteiger partial charge in [-0.25, -0.2) is 9.78 Å². The van der Waals surface area contributed by atoms with E-state index in [1.54, 1.807) is 19.2 Å². The van der Waals surface area contributed by atoms with Gasteiger partial charge in [-0.3, -0.25) is 4.57 Å². The minimum atomic E-state index is -0.996. The predicted octanol–water partition coefficient (Wildman–Crippen LogP) is 3.92. The number of hydrogen-bond donors (Lipinski definition) is 3. The van der Waals surface area contributed by atoms with Gasteiger partial charge in [-0.05, 0) is 47.0 Å². The third kappa shape index (κ3) is 3.07. The van der Waals surface area contributed by atoms with Crippen LogP contribution in [-0.4, -0.2) is 48.3 Å². The molecule has 0 unspecified atom stereocenters. The first-order valence-electron chi connectivity index (χ1n) is 9.95. The molecule has 0 bridgehead atoms. The van der Waals surface area contributed by atoms with E-state index in [1.807, 2.05) is 60.0 Å². The van der Waals surface area contributed by atoms with Crippen molar-refractivity contribution in [2.75, 3.05) is 12.4 Å². The minimum absolute atomic E-state index is 0.200. The number of carbonyl (C=O) groups is 1. The Morgan fingerprint density at radius 2 is 1.78 bits per heavy atom. The van der Waals surface area contributed by atoms with Crippen LogP contribution < -0.4 is 5.32 Å². The summed E-state index contributed by atoms with van der Waals surface area (Å²) in [4.78, 5) is 16.6. The summed E-state index contributed by atoms with van der Waals surface area (Å²) >= 11 is 0. The highest BCUT2D eigenvalue weighted by molar-refractivity contribution is 6.03. The molecule has 0 aliphatic heterocycles. The Kier molecular flexibility index (Phi) is 4.63.